The second kappa shape index (κ2) is 12.6. The third kappa shape index (κ3) is 7.51. The van der Waals surface area contributed by atoms with Crippen LogP contribution in [0, 0.1) is 18.3 Å². The lowest BCUT2D eigenvalue weighted by Gasteiger charge is -2.13. The number of halogens is 2. The Labute approximate surface area is 219 Å². The summed E-state index contributed by atoms with van der Waals surface area (Å²) in [5, 5.41) is 15.6. The smallest absolute Gasteiger partial charge is 0.266 e. The molecule has 0 aliphatic rings. The highest BCUT2D eigenvalue weighted by molar-refractivity contribution is 6.42. The lowest BCUT2D eigenvalue weighted by molar-refractivity contribution is -0.118. The van der Waals surface area contributed by atoms with Gasteiger partial charge in [-0.15, -0.1) is 0 Å². The first-order chi connectivity index (χ1) is 17.3. The van der Waals surface area contributed by atoms with Crippen LogP contribution in [0.15, 0.2) is 66.2 Å². The number of rotatable bonds is 9. The summed E-state index contributed by atoms with van der Waals surface area (Å²) in [6.45, 7) is 3.81. The van der Waals surface area contributed by atoms with Crippen LogP contribution in [0.5, 0.6) is 11.5 Å². The predicted molar refractivity (Wildman–Crippen MR) is 142 cm³/mol. The summed E-state index contributed by atoms with van der Waals surface area (Å²) in [6.07, 6.45) is 1.45. The van der Waals surface area contributed by atoms with Crippen molar-refractivity contribution in [3.05, 3.63) is 87.4 Å². The van der Waals surface area contributed by atoms with Crippen molar-refractivity contribution in [3.63, 3.8) is 0 Å². The Morgan fingerprint density at radius 2 is 1.64 bits per heavy atom. The topological polar surface area (TPSA) is 100 Å². The summed E-state index contributed by atoms with van der Waals surface area (Å²) in [6, 6.07) is 18.8. The molecule has 0 fully saturated rings. The van der Waals surface area contributed by atoms with Gasteiger partial charge in [-0.1, -0.05) is 47.0 Å². The maximum absolute atomic E-state index is 12.6. The van der Waals surface area contributed by atoms with Crippen molar-refractivity contribution in [1.82, 2.24) is 0 Å². The Morgan fingerprint density at radius 3 is 2.31 bits per heavy atom. The van der Waals surface area contributed by atoms with Crippen molar-refractivity contribution in [2.24, 2.45) is 0 Å². The van der Waals surface area contributed by atoms with E-state index in [1.807, 2.05) is 25.1 Å². The van der Waals surface area contributed by atoms with E-state index in [0.717, 1.165) is 5.56 Å². The fourth-order valence-corrected chi connectivity index (χ4v) is 3.36. The largest absolute Gasteiger partial charge is 0.490 e. The lowest BCUT2D eigenvalue weighted by atomic mass is 10.1. The van der Waals surface area contributed by atoms with Gasteiger partial charge in [-0.05, 0) is 68.0 Å². The van der Waals surface area contributed by atoms with Crippen LogP contribution in [-0.4, -0.2) is 25.0 Å². The van der Waals surface area contributed by atoms with Crippen molar-refractivity contribution in [2.45, 2.75) is 13.8 Å². The zero-order chi connectivity index (χ0) is 26.1. The number of hydrogen-bond donors (Lipinski definition) is 2. The molecule has 0 aromatic heterocycles. The Kier molecular flexibility index (Phi) is 9.34. The fraction of sp³-hybridized carbons (Fsp3) is 0.148. The summed E-state index contributed by atoms with van der Waals surface area (Å²) < 4.78 is 11.3. The van der Waals surface area contributed by atoms with Crippen LogP contribution in [0.3, 0.4) is 0 Å². The standard InChI is InChI=1S/C27H23Cl2N3O4/c1-3-35-25-13-18(12-19(15-30)27(34)32-20-7-4-17(2)5-8-20)6-11-24(25)36-16-26(33)31-21-9-10-22(28)23(29)14-21/h4-14H,3,16H2,1-2H3,(H,31,33)(H,32,34)/b19-12-. The molecule has 2 N–H and O–H groups in total. The maximum Gasteiger partial charge on any atom is 0.266 e. The molecule has 7 nitrogen and oxygen atoms in total. The van der Waals surface area contributed by atoms with Gasteiger partial charge in [0.05, 0.1) is 16.7 Å². The molecule has 36 heavy (non-hydrogen) atoms. The van der Waals surface area contributed by atoms with Crippen LogP contribution in [0.2, 0.25) is 10.0 Å². The molecule has 9 heteroatoms. The second-order valence-electron chi connectivity index (χ2n) is 7.59. The number of ether oxygens (including phenoxy) is 2. The number of nitriles is 1. The highest BCUT2D eigenvalue weighted by Gasteiger charge is 2.13. The number of amides is 2. The number of hydrogen-bond acceptors (Lipinski definition) is 5. The highest BCUT2D eigenvalue weighted by Crippen LogP contribution is 2.30. The van der Waals surface area contributed by atoms with Crippen LogP contribution < -0.4 is 20.1 Å². The van der Waals surface area contributed by atoms with Crippen molar-refractivity contribution in [3.8, 4) is 17.6 Å². The summed E-state index contributed by atoms with van der Waals surface area (Å²) in [7, 11) is 0. The van der Waals surface area contributed by atoms with E-state index in [-0.39, 0.29) is 12.2 Å². The van der Waals surface area contributed by atoms with Crippen LogP contribution in [-0.2, 0) is 9.59 Å². The molecule has 0 aliphatic heterocycles. The first-order valence-corrected chi connectivity index (χ1v) is 11.7. The molecule has 3 rings (SSSR count). The minimum Gasteiger partial charge on any atom is -0.490 e. The van der Waals surface area contributed by atoms with Gasteiger partial charge in [0.1, 0.15) is 11.6 Å². The molecule has 3 aromatic carbocycles. The molecular formula is C27H23Cl2N3O4. The SMILES string of the molecule is CCOc1cc(/C=C(/C#N)C(=O)Nc2ccc(C)cc2)ccc1OCC(=O)Nc1ccc(Cl)c(Cl)c1. The van der Waals surface area contributed by atoms with Gasteiger partial charge >= 0.3 is 0 Å². The molecule has 0 atom stereocenters. The van der Waals surface area contributed by atoms with Gasteiger partial charge in [-0.3, -0.25) is 9.59 Å². The summed E-state index contributed by atoms with van der Waals surface area (Å²) >= 11 is 11.9. The molecule has 0 saturated heterocycles. The summed E-state index contributed by atoms with van der Waals surface area (Å²) in [5.41, 5.74) is 2.61. The van der Waals surface area contributed by atoms with E-state index >= 15 is 0 Å². The molecule has 0 spiro atoms. The van der Waals surface area contributed by atoms with Crippen LogP contribution in [0.25, 0.3) is 6.08 Å². The Morgan fingerprint density at radius 1 is 0.917 bits per heavy atom. The lowest BCUT2D eigenvalue weighted by Crippen LogP contribution is -2.20. The van der Waals surface area contributed by atoms with E-state index in [1.54, 1.807) is 49.4 Å². The number of aryl methyl sites for hydroxylation is 1. The third-order valence-corrected chi connectivity index (χ3v) is 5.55. The molecular weight excluding hydrogens is 501 g/mol. The van der Waals surface area contributed by atoms with Gasteiger partial charge in [0, 0.05) is 11.4 Å². The zero-order valence-corrected chi connectivity index (χ0v) is 21.1. The zero-order valence-electron chi connectivity index (χ0n) is 19.6. The third-order valence-electron chi connectivity index (χ3n) is 4.82. The van der Waals surface area contributed by atoms with Gasteiger partial charge < -0.3 is 20.1 Å². The van der Waals surface area contributed by atoms with Crippen molar-refractivity contribution in [1.29, 1.82) is 5.26 Å². The molecule has 0 unspecified atom stereocenters. The Bertz CT molecular complexity index is 1330. The number of carbonyl (C=O) groups excluding carboxylic acids is 2. The predicted octanol–water partition coefficient (Wildman–Crippen LogP) is 6.26. The van der Waals surface area contributed by atoms with Crippen molar-refractivity contribution in [2.75, 3.05) is 23.8 Å². The normalized spacial score (nSPS) is 10.8. The van der Waals surface area contributed by atoms with Crippen LogP contribution in [0.1, 0.15) is 18.1 Å². The number of carbonyl (C=O) groups is 2. The fourth-order valence-electron chi connectivity index (χ4n) is 3.07. The average Bonchev–Trinajstić information content (AvgIpc) is 2.85. The van der Waals surface area contributed by atoms with Gasteiger partial charge in [0.2, 0.25) is 0 Å². The van der Waals surface area contributed by atoms with Gasteiger partial charge in [-0.2, -0.15) is 5.26 Å². The molecule has 184 valence electrons. The van der Waals surface area contributed by atoms with Gasteiger partial charge in [-0.25, -0.2) is 0 Å². The summed E-state index contributed by atoms with van der Waals surface area (Å²) in [5.74, 6) is -0.233. The van der Waals surface area contributed by atoms with Crippen LogP contribution in [0.4, 0.5) is 11.4 Å². The molecule has 3 aromatic rings. The number of nitrogens with one attached hydrogen (secondary N) is 2. The molecule has 0 aliphatic carbocycles. The Balaban J connectivity index is 1.70. The van der Waals surface area contributed by atoms with Gasteiger partial charge in [0.15, 0.2) is 18.1 Å². The molecule has 0 saturated carbocycles. The van der Waals surface area contributed by atoms with E-state index < -0.39 is 11.8 Å². The van der Waals surface area contributed by atoms with E-state index in [4.69, 9.17) is 32.7 Å². The molecule has 2 amide bonds. The summed E-state index contributed by atoms with van der Waals surface area (Å²) in [4.78, 5) is 24.9. The molecule has 0 radical (unpaired) electrons. The molecule has 0 heterocycles. The minimum absolute atomic E-state index is 0.0762. The first kappa shape index (κ1) is 26.6. The van der Waals surface area contributed by atoms with E-state index in [9.17, 15) is 14.9 Å². The van der Waals surface area contributed by atoms with E-state index in [1.165, 1.54) is 12.1 Å². The van der Waals surface area contributed by atoms with Crippen molar-refractivity contribution < 1.29 is 19.1 Å². The second-order valence-corrected chi connectivity index (χ2v) is 8.41. The minimum atomic E-state index is -0.529. The quantitative estimate of drug-likeness (QED) is 0.254. The Hall–Kier alpha value is -3.99. The number of anilines is 2. The van der Waals surface area contributed by atoms with E-state index in [0.29, 0.717) is 45.1 Å². The number of nitrogens with zero attached hydrogens (tertiary/aromatic N) is 1. The molecule has 0 bridgehead atoms. The van der Waals surface area contributed by atoms with E-state index in [2.05, 4.69) is 10.6 Å². The first-order valence-electron chi connectivity index (χ1n) is 10.9. The van der Waals surface area contributed by atoms with Gasteiger partial charge in [0.25, 0.3) is 11.8 Å². The highest BCUT2D eigenvalue weighted by atomic mass is 35.5. The van der Waals surface area contributed by atoms with Crippen LogP contribution >= 0.6 is 23.2 Å². The maximum atomic E-state index is 12.6. The monoisotopic (exact) mass is 523 g/mol. The number of benzene rings is 3. The van der Waals surface area contributed by atoms with Crippen molar-refractivity contribution >= 4 is 52.5 Å². The average molecular weight is 524 g/mol.